The fourth-order valence-electron chi connectivity index (χ4n) is 5.45. The second kappa shape index (κ2) is 14.5. The Balaban J connectivity index is 1.32. The predicted molar refractivity (Wildman–Crippen MR) is 172 cm³/mol. The summed E-state index contributed by atoms with van der Waals surface area (Å²) in [4.78, 5) is 38.8. The third kappa shape index (κ3) is 8.34. The SMILES string of the molecule is O=CC(Oc1ccc(N(Cc2cc([N+](=O)[O-])ccc2O)Cc2cc([N+](=O)[O-])ccc2O)cc1)N1CCN(c2cccc(C(F)(F)F)c2)CC1. The van der Waals surface area contributed by atoms with Crippen LogP contribution in [0.1, 0.15) is 16.7 Å². The van der Waals surface area contributed by atoms with Gasteiger partial charge in [0.1, 0.15) is 17.2 Å². The van der Waals surface area contributed by atoms with E-state index >= 15 is 0 Å². The number of phenolic OH excluding ortho intramolecular Hbond substituents is 2. The van der Waals surface area contributed by atoms with Crippen molar-refractivity contribution in [1.82, 2.24) is 4.90 Å². The van der Waals surface area contributed by atoms with Crippen LogP contribution < -0.4 is 14.5 Å². The van der Waals surface area contributed by atoms with Crippen LogP contribution in [0, 0.1) is 20.2 Å². The van der Waals surface area contributed by atoms with E-state index in [9.17, 15) is 48.4 Å². The first-order valence-corrected chi connectivity index (χ1v) is 14.9. The van der Waals surface area contributed by atoms with Gasteiger partial charge in [0.2, 0.25) is 6.23 Å². The molecule has 1 aliphatic rings. The smallest absolute Gasteiger partial charge is 0.416 e. The van der Waals surface area contributed by atoms with Crippen LogP contribution in [0.3, 0.4) is 0 Å². The van der Waals surface area contributed by atoms with Crippen LogP contribution >= 0.6 is 0 Å². The number of rotatable bonds is 12. The number of aromatic hydroxyl groups is 2. The number of carbonyl (C=O) groups is 1. The molecule has 0 radical (unpaired) electrons. The van der Waals surface area contributed by atoms with Crippen molar-refractivity contribution in [1.29, 1.82) is 0 Å². The molecular weight excluding hydrogens is 651 g/mol. The van der Waals surface area contributed by atoms with Crippen LogP contribution in [-0.4, -0.2) is 63.7 Å². The molecule has 2 N–H and O–H groups in total. The van der Waals surface area contributed by atoms with E-state index < -0.39 is 27.8 Å². The average molecular weight is 682 g/mol. The van der Waals surface area contributed by atoms with E-state index in [4.69, 9.17) is 4.74 Å². The van der Waals surface area contributed by atoms with E-state index in [-0.39, 0.29) is 47.1 Å². The molecule has 1 saturated heterocycles. The van der Waals surface area contributed by atoms with Crippen molar-refractivity contribution in [2.45, 2.75) is 25.5 Å². The molecule has 1 fully saturated rings. The highest BCUT2D eigenvalue weighted by atomic mass is 19.4. The van der Waals surface area contributed by atoms with Crippen LogP contribution in [0.5, 0.6) is 17.2 Å². The molecule has 0 aromatic heterocycles. The topological polar surface area (TPSA) is 163 Å². The Hall–Kier alpha value is -5.90. The van der Waals surface area contributed by atoms with Gasteiger partial charge in [-0.3, -0.25) is 29.9 Å². The summed E-state index contributed by atoms with van der Waals surface area (Å²) in [6, 6.07) is 18.5. The maximum atomic E-state index is 13.2. The van der Waals surface area contributed by atoms with Crippen LogP contribution in [0.2, 0.25) is 0 Å². The highest BCUT2D eigenvalue weighted by Crippen LogP contribution is 2.33. The number of nitro groups is 2. The molecule has 4 aromatic rings. The van der Waals surface area contributed by atoms with Crippen molar-refractivity contribution in [3.8, 4) is 17.2 Å². The van der Waals surface area contributed by atoms with Crippen LogP contribution in [0.25, 0.3) is 0 Å². The van der Waals surface area contributed by atoms with Gasteiger partial charge in [0.25, 0.3) is 11.4 Å². The number of hydrogen-bond acceptors (Lipinski definition) is 11. The molecule has 1 unspecified atom stereocenters. The monoisotopic (exact) mass is 681 g/mol. The zero-order valence-electron chi connectivity index (χ0n) is 25.7. The lowest BCUT2D eigenvalue weighted by molar-refractivity contribution is -0.385. The van der Waals surface area contributed by atoms with E-state index in [2.05, 4.69) is 0 Å². The Kier molecular flexibility index (Phi) is 10.2. The molecule has 16 heteroatoms. The Bertz CT molecular complexity index is 1770. The number of anilines is 2. The van der Waals surface area contributed by atoms with Crippen molar-refractivity contribution in [2.24, 2.45) is 0 Å². The largest absolute Gasteiger partial charge is 0.508 e. The molecule has 256 valence electrons. The summed E-state index contributed by atoms with van der Waals surface area (Å²) in [7, 11) is 0. The highest BCUT2D eigenvalue weighted by Gasteiger charge is 2.32. The average Bonchev–Trinajstić information content (AvgIpc) is 3.08. The molecule has 1 atom stereocenters. The summed E-state index contributed by atoms with van der Waals surface area (Å²) in [5, 5.41) is 43.7. The maximum absolute atomic E-state index is 13.2. The zero-order valence-corrected chi connectivity index (χ0v) is 25.7. The lowest BCUT2D eigenvalue weighted by atomic mass is 10.1. The van der Waals surface area contributed by atoms with E-state index in [0.29, 0.717) is 49.6 Å². The van der Waals surface area contributed by atoms with Crippen LogP contribution in [-0.2, 0) is 24.1 Å². The minimum Gasteiger partial charge on any atom is -0.508 e. The molecule has 1 aliphatic heterocycles. The van der Waals surface area contributed by atoms with Gasteiger partial charge in [0, 0.05) is 86.0 Å². The maximum Gasteiger partial charge on any atom is 0.416 e. The number of nitro benzene ring substituents is 2. The Morgan fingerprint density at radius 2 is 1.37 bits per heavy atom. The van der Waals surface area contributed by atoms with Crippen LogP contribution in [0.4, 0.5) is 35.9 Å². The molecule has 1 heterocycles. The van der Waals surface area contributed by atoms with E-state index in [1.54, 1.807) is 45.0 Å². The molecule has 0 amide bonds. The van der Waals surface area contributed by atoms with Gasteiger partial charge in [-0.05, 0) is 54.6 Å². The third-order valence-corrected chi connectivity index (χ3v) is 8.06. The molecular formula is C33H30F3N5O8. The molecule has 0 saturated carbocycles. The number of alkyl halides is 3. The molecule has 5 rings (SSSR count). The fourth-order valence-corrected chi connectivity index (χ4v) is 5.45. The summed E-state index contributed by atoms with van der Waals surface area (Å²) in [5.74, 6) is -0.140. The molecule has 0 spiro atoms. The summed E-state index contributed by atoms with van der Waals surface area (Å²) in [6.07, 6.45) is -4.83. The summed E-state index contributed by atoms with van der Waals surface area (Å²) < 4.78 is 45.5. The van der Waals surface area contributed by atoms with Gasteiger partial charge in [0.05, 0.1) is 15.4 Å². The van der Waals surface area contributed by atoms with Gasteiger partial charge >= 0.3 is 6.18 Å². The molecule has 49 heavy (non-hydrogen) atoms. The van der Waals surface area contributed by atoms with Crippen LogP contribution in [0.15, 0.2) is 84.9 Å². The first-order valence-electron chi connectivity index (χ1n) is 14.9. The Morgan fingerprint density at radius 1 is 0.816 bits per heavy atom. The number of aldehydes is 1. The molecule has 4 aromatic carbocycles. The van der Waals surface area contributed by atoms with Gasteiger partial charge < -0.3 is 24.7 Å². The number of carbonyl (C=O) groups excluding carboxylic acids is 1. The third-order valence-electron chi connectivity index (χ3n) is 8.06. The quantitative estimate of drug-likeness (QED) is 0.105. The minimum absolute atomic E-state index is 0.0943. The van der Waals surface area contributed by atoms with Gasteiger partial charge in [0.15, 0.2) is 6.29 Å². The number of benzene rings is 4. The predicted octanol–water partition coefficient (Wildman–Crippen LogP) is 5.87. The normalized spacial score (nSPS) is 14.2. The first kappa shape index (κ1) is 34.4. The molecule has 13 nitrogen and oxygen atoms in total. The van der Waals surface area contributed by atoms with Gasteiger partial charge in [-0.1, -0.05) is 6.07 Å². The highest BCUT2D eigenvalue weighted by molar-refractivity contribution is 5.58. The standard InChI is InChI=1S/C33H30F3N5O8/c34-33(35,36)24-2-1-3-26(18-24)37-12-14-38(15-13-37)32(21-42)49-29-8-4-25(5-9-29)39(19-22-16-27(40(45)46)6-10-30(22)43)20-23-17-28(41(47)48)7-11-31(23)44/h1-11,16-18,21,32,43-44H,12-15,19-20H2. The number of halogens is 3. The molecule has 0 bridgehead atoms. The second-order valence-electron chi connectivity index (χ2n) is 11.2. The van der Waals surface area contributed by atoms with Crippen molar-refractivity contribution in [3.05, 3.63) is 122 Å². The first-order chi connectivity index (χ1) is 23.3. The van der Waals surface area contributed by atoms with Crippen molar-refractivity contribution in [2.75, 3.05) is 36.0 Å². The number of non-ortho nitro benzene ring substituents is 2. The second-order valence-corrected chi connectivity index (χ2v) is 11.2. The zero-order chi connectivity index (χ0) is 35.3. The summed E-state index contributed by atoms with van der Waals surface area (Å²) in [6.45, 7) is 1.21. The number of nitrogens with zero attached hydrogens (tertiary/aromatic N) is 5. The lowest BCUT2D eigenvalue weighted by Gasteiger charge is -2.38. The van der Waals surface area contributed by atoms with Gasteiger partial charge in [-0.2, -0.15) is 13.2 Å². The van der Waals surface area contributed by atoms with Gasteiger partial charge in [-0.25, -0.2) is 0 Å². The number of hydrogen-bond donors (Lipinski definition) is 2. The number of phenols is 2. The van der Waals surface area contributed by atoms with E-state index in [1.807, 2.05) is 0 Å². The lowest BCUT2D eigenvalue weighted by Crippen LogP contribution is -2.52. The van der Waals surface area contributed by atoms with Crippen molar-refractivity contribution in [3.63, 3.8) is 0 Å². The number of ether oxygens (including phenoxy) is 1. The minimum atomic E-state index is -4.46. The Labute approximate surface area is 277 Å². The van der Waals surface area contributed by atoms with E-state index in [1.165, 1.54) is 30.3 Å². The number of piperazine rings is 1. The summed E-state index contributed by atoms with van der Waals surface area (Å²) >= 11 is 0. The van der Waals surface area contributed by atoms with E-state index in [0.717, 1.165) is 24.3 Å². The molecule has 0 aliphatic carbocycles. The summed E-state index contributed by atoms with van der Waals surface area (Å²) in [5.41, 5.74) is 0.0221. The van der Waals surface area contributed by atoms with Crippen molar-refractivity contribution < 1.29 is 42.8 Å². The Morgan fingerprint density at radius 3 is 1.86 bits per heavy atom. The van der Waals surface area contributed by atoms with Crippen molar-refractivity contribution >= 4 is 29.0 Å². The van der Waals surface area contributed by atoms with Gasteiger partial charge in [-0.15, -0.1) is 0 Å². The fraction of sp³-hybridized carbons (Fsp3) is 0.242.